The number of benzene rings is 3. The zero-order valence-electron chi connectivity index (χ0n) is 22.9. The van der Waals surface area contributed by atoms with E-state index in [1.807, 2.05) is 25.1 Å². The average molecular weight is 545 g/mol. The van der Waals surface area contributed by atoms with Gasteiger partial charge in [0.25, 0.3) is 0 Å². The van der Waals surface area contributed by atoms with E-state index in [-0.39, 0.29) is 24.1 Å². The molecule has 208 valence electrons. The lowest BCUT2D eigenvalue weighted by Crippen LogP contribution is -2.45. The zero-order valence-corrected chi connectivity index (χ0v) is 22.9. The van der Waals surface area contributed by atoms with Gasteiger partial charge in [0.15, 0.2) is 17.3 Å². The van der Waals surface area contributed by atoms with Crippen molar-refractivity contribution in [3.8, 4) is 34.5 Å². The van der Waals surface area contributed by atoms with E-state index in [0.29, 0.717) is 46.0 Å². The molecule has 0 aliphatic carbocycles. The number of allylic oxidation sites excluding steroid dienone is 1. The molecule has 6 rings (SSSR count). The zero-order chi connectivity index (χ0) is 27.8. The highest BCUT2D eigenvalue weighted by Gasteiger charge is 2.34. The first-order chi connectivity index (χ1) is 19.4. The average Bonchev–Trinajstić information content (AvgIpc) is 3.56. The second kappa shape index (κ2) is 10.7. The van der Waals surface area contributed by atoms with Crippen LogP contribution in [-0.4, -0.2) is 67.9 Å². The molecule has 3 aromatic carbocycles. The Bertz CT molecular complexity index is 1490. The van der Waals surface area contributed by atoms with E-state index in [1.165, 1.54) is 5.56 Å². The molecule has 0 amide bonds. The smallest absolute Gasteiger partial charge is 0.232 e. The van der Waals surface area contributed by atoms with Gasteiger partial charge in [0, 0.05) is 50.9 Å². The number of Topliss-reactive ketones (excluding diaryl/α,β-unsaturated/α-hetero) is 1. The Kier molecular flexibility index (Phi) is 7.00. The second-order valence-corrected chi connectivity index (χ2v) is 10.2. The highest BCUT2D eigenvalue weighted by atomic mass is 16.7. The molecule has 40 heavy (non-hydrogen) atoms. The van der Waals surface area contributed by atoms with Crippen LogP contribution in [0.3, 0.4) is 0 Å². The molecule has 0 bridgehead atoms. The Morgan fingerprint density at radius 3 is 2.42 bits per heavy atom. The molecule has 1 N–H and O–H groups in total. The third-order valence-corrected chi connectivity index (χ3v) is 7.64. The van der Waals surface area contributed by atoms with Crippen LogP contribution in [0.2, 0.25) is 0 Å². The Morgan fingerprint density at radius 2 is 1.68 bits per heavy atom. The topological polar surface area (TPSA) is 89.9 Å². The number of carbonyl (C=O) groups excluding carboxylic acids is 1. The molecule has 9 heteroatoms. The number of rotatable bonds is 7. The SMILES string of the molecule is COc1ccc(/C=C2\Oc3c(CN4CCN(Cc5ccc6c(c5)OCO6)CC4)c(O)cc(C)c3C2=O)c(OC)c1. The van der Waals surface area contributed by atoms with Gasteiger partial charge in [0.2, 0.25) is 12.6 Å². The van der Waals surface area contributed by atoms with Crippen LogP contribution in [0.25, 0.3) is 6.08 Å². The molecule has 9 nitrogen and oxygen atoms in total. The maximum absolute atomic E-state index is 13.4. The number of hydrogen-bond acceptors (Lipinski definition) is 9. The summed E-state index contributed by atoms with van der Waals surface area (Å²) in [6.07, 6.45) is 1.68. The largest absolute Gasteiger partial charge is 0.507 e. The molecule has 0 radical (unpaired) electrons. The lowest BCUT2D eigenvalue weighted by Gasteiger charge is -2.35. The minimum atomic E-state index is -0.208. The van der Waals surface area contributed by atoms with Gasteiger partial charge in [-0.15, -0.1) is 0 Å². The van der Waals surface area contributed by atoms with Crippen LogP contribution in [0.4, 0.5) is 0 Å². The highest BCUT2D eigenvalue weighted by Crippen LogP contribution is 2.43. The summed E-state index contributed by atoms with van der Waals surface area (Å²) in [5.74, 6) is 3.37. The second-order valence-electron chi connectivity index (χ2n) is 10.2. The molecule has 0 saturated carbocycles. The van der Waals surface area contributed by atoms with Crippen molar-refractivity contribution in [2.75, 3.05) is 47.2 Å². The van der Waals surface area contributed by atoms with Crippen molar-refractivity contribution in [1.82, 2.24) is 9.80 Å². The van der Waals surface area contributed by atoms with Gasteiger partial charge < -0.3 is 28.8 Å². The molecule has 0 spiro atoms. The summed E-state index contributed by atoms with van der Waals surface area (Å²) >= 11 is 0. The summed E-state index contributed by atoms with van der Waals surface area (Å²) in [5, 5.41) is 10.9. The van der Waals surface area contributed by atoms with E-state index >= 15 is 0 Å². The van der Waals surface area contributed by atoms with Crippen molar-refractivity contribution in [2.24, 2.45) is 0 Å². The van der Waals surface area contributed by atoms with Gasteiger partial charge in [0.05, 0.1) is 25.3 Å². The lowest BCUT2D eigenvalue weighted by atomic mass is 9.99. The fourth-order valence-electron chi connectivity index (χ4n) is 5.44. The number of carbonyl (C=O) groups is 1. The van der Waals surface area contributed by atoms with Gasteiger partial charge in [-0.05, 0) is 54.5 Å². The van der Waals surface area contributed by atoms with Crippen molar-refractivity contribution >= 4 is 11.9 Å². The van der Waals surface area contributed by atoms with Crippen LogP contribution < -0.4 is 23.7 Å². The Labute approximate surface area is 233 Å². The van der Waals surface area contributed by atoms with Gasteiger partial charge in [0.1, 0.15) is 23.0 Å². The summed E-state index contributed by atoms with van der Waals surface area (Å²) < 4.78 is 27.9. The summed E-state index contributed by atoms with van der Waals surface area (Å²) in [4.78, 5) is 18.1. The first kappa shape index (κ1) is 26.0. The summed E-state index contributed by atoms with van der Waals surface area (Å²) in [5.41, 5.74) is 3.68. The maximum atomic E-state index is 13.4. The van der Waals surface area contributed by atoms with Gasteiger partial charge >= 0.3 is 0 Å². The Balaban J connectivity index is 1.17. The molecule has 3 aromatic rings. The van der Waals surface area contributed by atoms with E-state index in [1.54, 1.807) is 38.5 Å². The van der Waals surface area contributed by atoms with E-state index in [0.717, 1.165) is 44.2 Å². The van der Waals surface area contributed by atoms with Crippen LogP contribution in [0.1, 0.15) is 32.6 Å². The van der Waals surface area contributed by atoms with Gasteiger partial charge in [-0.25, -0.2) is 0 Å². The van der Waals surface area contributed by atoms with E-state index < -0.39 is 0 Å². The number of methoxy groups -OCH3 is 2. The van der Waals surface area contributed by atoms with Crippen LogP contribution in [0, 0.1) is 6.92 Å². The first-order valence-electron chi connectivity index (χ1n) is 13.3. The van der Waals surface area contributed by atoms with E-state index in [4.69, 9.17) is 23.7 Å². The molecule has 3 aliphatic rings. The monoisotopic (exact) mass is 544 g/mol. The number of ether oxygens (including phenoxy) is 5. The lowest BCUT2D eigenvalue weighted by molar-refractivity contribution is 0.101. The number of piperazine rings is 1. The molecular weight excluding hydrogens is 512 g/mol. The van der Waals surface area contributed by atoms with Gasteiger partial charge in [-0.1, -0.05) is 6.07 Å². The molecule has 0 atom stereocenters. The molecule has 1 fully saturated rings. The Morgan fingerprint density at radius 1 is 0.925 bits per heavy atom. The van der Waals surface area contributed by atoms with Gasteiger partial charge in [-0.2, -0.15) is 0 Å². The predicted octanol–water partition coefficient (Wildman–Crippen LogP) is 4.38. The number of ketones is 1. The van der Waals surface area contributed by atoms with Crippen LogP contribution in [0.5, 0.6) is 34.5 Å². The van der Waals surface area contributed by atoms with Gasteiger partial charge in [-0.3, -0.25) is 14.6 Å². The number of phenolic OH excluding ortho intramolecular Hbond substituents is 1. The minimum absolute atomic E-state index is 0.134. The third-order valence-electron chi connectivity index (χ3n) is 7.64. The molecule has 3 heterocycles. The summed E-state index contributed by atoms with van der Waals surface area (Å²) in [6, 6.07) is 13.1. The number of hydrogen-bond donors (Lipinski definition) is 1. The number of phenols is 1. The third kappa shape index (κ3) is 4.94. The van der Waals surface area contributed by atoms with Crippen molar-refractivity contribution in [3.63, 3.8) is 0 Å². The molecule has 1 saturated heterocycles. The number of fused-ring (bicyclic) bond motifs is 2. The molecule has 3 aliphatic heterocycles. The summed E-state index contributed by atoms with van der Waals surface area (Å²) in [7, 11) is 3.15. The molecular formula is C31H32N2O7. The fraction of sp³-hybridized carbons (Fsp3) is 0.323. The quantitative estimate of drug-likeness (QED) is 0.435. The Hall–Kier alpha value is -4.21. The van der Waals surface area contributed by atoms with Crippen molar-refractivity contribution in [3.05, 3.63) is 76.0 Å². The first-order valence-corrected chi connectivity index (χ1v) is 13.3. The van der Waals surface area contributed by atoms with E-state index in [9.17, 15) is 9.90 Å². The van der Waals surface area contributed by atoms with Crippen LogP contribution >= 0.6 is 0 Å². The number of aromatic hydroxyl groups is 1. The molecule has 0 unspecified atom stereocenters. The number of aryl methyl sites for hydroxylation is 1. The minimum Gasteiger partial charge on any atom is -0.507 e. The molecule has 0 aromatic heterocycles. The number of nitrogens with zero attached hydrogens (tertiary/aromatic N) is 2. The van der Waals surface area contributed by atoms with Crippen LogP contribution in [0.15, 0.2) is 48.2 Å². The standard InChI is InChI=1S/C31H32N2O7/c1-19-12-24(34)23(17-33-10-8-32(9-11-33)16-20-4-7-25-27(13-20)39-18-38-25)31-29(19)30(35)28(40-31)14-21-5-6-22(36-2)15-26(21)37-3/h4-7,12-15,34H,8-11,16-18H2,1-3H3/b28-14-. The summed E-state index contributed by atoms with van der Waals surface area (Å²) in [6.45, 7) is 6.81. The van der Waals surface area contributed by atoms with Crippen molar-refractivity contribution in [2.45, 2.75) is 20.0 Å². The highest BCUT2D eigenvalue weighted by molar-refractivity contribution is 6.16. The van der Waals surface area contributed by atoms with Crippen molar-refractivity contribution < 1.29 is 33.6 Å². The maximum Gasteiger partial charge on any atom is 0.232 e. The fourth-order valence-corrected chi connectivity index (χ4v) is 5.44. The van der Waals surface area contributed by atoms with Crippen molar-refractivity contribution in [1.29, 1.82) is 0 Å². The normalized spacial score (nSPS) is 17.7. The van der Waals surface area contributed by atoms with E-state index in [2.05, 4.69) is 15.9 Å². The predicted molar refractivity (Wildman–Crippen MR) is 148 cm³/mol. The van der Waals surface area contributed by atoms with Crippen LogP contribution in [-0.2, 0) is 13.1 Å².